The van der Waals surface area contributed by atoms with Crippen molar-refractivity contribution in [2.45, 2.75) is 18.9 Å². The van der Waals surface area contributed by atoms with Crippen molar-refractivity contribution in [3.05, 3.63) is 0 Å². The number of hydrogen-bond acceptors (Lipinski definition) is 6. The van der Waals surface area contributed by atoms with Gasteiger partial charge in [-0.3, -0.25) is 9.59 Å². The molecule has 9 heteroatoms. The summed E-state index contributed by atoms with van der Waals surface area (Å²) in [5, 5.41) is 10.8. The van der Waals surface area contributed by atoms with Crippen molar-refractivity contribution in [2.75, 3.05) is 19.1 Å². The lowest BCUT2D eigenvalue weighted by molar-refractivity contribution is -0.148. The van der Waals surface area contributed by atoms with E-state index in [4.69, 9.17) is 5.11 Å². The molecule has 1 atom stereocenters. The van der Waals surface area contributed by atoms with Crippen LogP contribution in [0, 0.1) is 0 Å². The van der Waals surface area contributed by atoms with Gasteiger partial charge in [0.05, 0.1) is 19.3 Å². The summed E-state index contributed by atoms with van der Waals surface area (Å²) in [4.78, 5) is 32.9. The Hall–Kier alpha value is -1.64. The van der Waals surface area contributed by atoms with Crippen LogP contribution in [0.15, 0.2) is 0 Å². The Balaban J connectivity index is 4.37. The van der Waals surface area contributed by atoms with Crippen LogP contribution in [0.5, 0.6) is 0 Å². The predicted octanol–water partition coefficient (Wildman–Crippen LogP) is -1.45. The van der Waals surface area contributed by atoms with Gasteiger partial charge in [-0.15, -0.1) is 0 Å². The number of aliphatic carboxylic acids is 1. The van der Waals surface area contributed by atoms with Crippen LogP contribution < -0.4 is 5.32 Å². The number of esters is 1. The van der Waals surface area contributed by atoms with Gasteiger partial charge >= 0.3 is 11.9 Å². The van der Waals surface area contributed by atoms with Crippen LogP contribution >= 0.6 is 0 Å². The van der Waals surface area contributed by atoms with Crippen molar-refractivity contribution in [3.63, 3.8) is 0 Å². The first-order valence-corrected chi connectivity index (χ1v) is 6.98. The molecule has 0 aromatic heterocycles. The number of carboxylic acid groups (broad SMARTS) is 1. The number of hydrogen-bond donors (Lipinski definition) is 2. The van der Waals surface area contributed by atoms with Crippen LogP contribution in [0.2, 0.25) is 0 Å². The first-order valence-electron chi connectivity index (χ1n) is 4.92. The second kappa shape index (κ2) is 6.94. The van der Waals surface area contributed by atoms with E-state index in [0.29, 0.717) is 0 Å². The fourth-order valence-corrected chi connectivity index (χ4v) is 1.55. The van der Waals surface area contributed by atoms with E-state index in [1.165, 1.54) is 0 Å². The van der Waals surface area contributed by atoms with Crippen molar-refractivity contribution < 1.29 is 32.6 Å². The van der Waals surface area contributed by atoms with Crippen LogP contribution in [-0.2, 0) is 29.0 Å². The highest BCUT2D eigenvalue weighted by molar-refractivity contribution is 7.90. The van der Waals surface area contributed by atoms with Crippen molar-refractivity contribution >= 4 is 27.7 Å². The van der Waals surface area contributed by atoms with Gasteiger partial charge in [0, 0.05) is 12.7 Å². The number of ether oxygens (including phenoxy) is 1. The van der Waals surface area contributed by atoms with E-state index in [-0.39, 0.29) is 12.2 Å². The fraction of sp³-hybridized carbons (Fsp3) is 0.667. The Kier molecular flexibility index (Phi) is 6.31. The third kappa shape index (κ3) is 7.60. The highest BCUT2D eigenvalue weighted by Crippen LogP contribution is 1.97. The zero-order valence-corrected chi connectivity index (χ0v) is 10.8. The number of carboxylic acids is 1. The Morgan fingerprint density at radius 2 is 1.89 bits per heavy atom. The van der Waals surface area contributed by atoms with E-state index in [1.807, 2.05) is 0 Å². The molecule has 0 spiro atoms. The van der Waals surface area contributed by atoms with E-state index in [0.717, 1.165) is 13.4 Å². The van der Waals surface area contributed by atoms with Crippen molar-refractivity contribution in [1.82, 2.24) is 5.32 Å². The Morgan fingerprint density at radius 3 is 2.28 bits per heavy atom. The molecule has 0 rings (SSSR count). The number of carbonyl (C=O) groups is 3. The average molecular weight is 281 g/mol. The molecule has 0 aliphatic carbocycles. The zero-order valence-electron chi connectivity index (χ0n) is 10.0. The van der Waals surface area contributed by atoms with Crippen molar-refractivity contribution in [2.24, 2.45) is 0 Å². The molecule has 8 nitrogen and oxygen atoms in total. The van der Waals surface area contributed by atoms with Crippen LogP contribution in [0.1, 0.15) is 12.8 Å². The standard InChI is InChI=1S/C9H15NO7S/c1-17-8(12)5-6(9(13)14)10-7(11)3-4-18(2,15)16/h6H,3-5H2,1-2H3,(H,10,11)(H,13,14)/t6-/m0/s1. The molecule has 1 amide bonds. The molecule has 2 N–H and O–H groups in total. The van der Waals surface area contributed by atoms with Gasteiger partial charge in [0.2, 0.25) is 5.91 Å². The van der Waals surface area contributed by atoms with Crippen molar-refractivity contribution in [1.29, 1.82) is 0 Å². The summed E-state index contributed by atoms with van der Waals surface area (Å²) in [6.45, 7) is 0. The Bertz CT molecular complexity index is 428. The first kappa shape index (κ1) is 16.4. The number of amides is 1. The average Bonchev–Trinajstić information content (AvgIpc) is 2.24. The van der Waals surface area contributed by atoms with Crippen LogP contribution in [0.3, 0.4) is 0 Å². The molecule has 0 bridgehead atoms. The topological polar surface area (TPSA) is 127 Å². The van der Waals surface area contributed by atoms with Gasteiger partial charge in [0.15, 0.2) is 0 Å². The van der Waals surface area contributed by atoms with E-state index in [1.54, 1.807) is 0 Å². The molecule has 0 fully saturated rings. The minimum absolute atomic E-state index is 0.357. The molecule has 0 saturated carbocycles. The summed E-state index contributed by atoms with van der Waals surface area (Å²) in [6.07, 6.45) is 0.0869. The monoisotopic (exact) mass is 281 g/mol. The molecule has 0 aliphatic rings. The number of sulfone groups is 1. The van der Waals surface area contributed by atoms with Gasteiger partial charge in [-0.05, 0) is 0 Å². The van der Waals surface area contributed by atoms with Gasteiger partial charge < -0.3 is 15.2 Å². The summed E-state index contributed by atoms with van der Waals surface area (Å²) >= 11 is 0. The van der Waals surface area contributed by atoms with Gasteiger partial charge in [-0.2, -0.15) is 0 Å². The van der Waals surface area contributed by atoms with Crippen LogP contribution in [-0.4, -0.2) is 56.5 Å². The third-order valence-corrected chi connectivity index (χ3v) is 2.88. The highest BCUT2D eigenvalue weighted by Gasteiger charge is 2.23. The molecule has 0 aromatic rings. The van der Waals surface area contributed by atoms with E-state index < -0.39 is 40.1 Å². The number of rotatable bonds is 7. The van der Waals surface area contributed by atoms with Crippen LogP contribution in [0.25, 0.3) is 0 Å². The first-order chi connectivity index (χ1) is 8.15. The molecule has 0 radical (unpaired) electrons. The predicted molar refractivity (Wildman–Crippen MR) is 60.5 cm³/mol. The molecule has 0 aliphatic heterocycles. The normalized spacial score (nSPS) is 12.6. The second-order valence-electron chi connectivity index (χ2n) is 3.62. The summed E-state index contributed by atoms with van der Waals surface area (Å²) in [5.74, 6) is -3.32. The minimum Gasteiger partial charge on any atom is -0.480 e. The Labute approximate surface area is 104 Å². The van der Waals surface area contributed by atoms with Gasteiger partial charge in [-0.1, -0.05) is 0 Å². The lowest BCUT2D eigenvalue weighted by Gasteiger charge is -2.12. The van der Waals surface area contributed by atoms with E-state index in [9.17, 15) is 22.8 Å². The molecule has 0 unspecified atom stereocenters. The quantitative estimate of drug-likeness (QED) is 0.547. The maximum absolute atomic E-state index is 11.3. The fourth-order valence-electron chi connectivity index (χ4n) is 0.995. The summed E-state index contributed by atoms with van der Waals surface area (Å²) in [6, 6.07) is -1.43. The largest absolute Gasteiger partial charge is 0.480 e. The summed E-state index contributed by atoms with van der Waals surface area (Å²) in [7, 11) is -2.21. The molecular weight excluding hydrogens is 266 g/mol. The molecule has 0 heterocycles. The second-order valence-corrected chi connectivity index (χ2v) is 5.88. The molecule has 18 heavy (non-hydrogen) atoms. The molecule has 104 valence electrons. The maximum atomic E-state index is 11.3. The number of methoxy groups -OCH3 is 1. The zero-order chi connectivity index (χ0) is 14.3. The van der Waals surface area contributed by atoms with Gasteiger partial charge in [-0.25, -0.2) is 13.2 Å². The summed E-state index contributed by atoms with van der Waals surface area (Å²) < 4.78 is 25.9. The molecule has 0 aromatic carbocycles. The van der Waals surface area contributed by atoms with Crippen LogP contribution in [0.4, 0.5) is 0 Å². The maximum Gasteiger partial charge on any atom is 0.326 e. The SMILES string of the molecule is COC(=O)C[C@H](NC(=O)CCS(C)(=O)=O)C(=O)O. The highest BCUT2D eigenvalue weighted by atomic mass is 32.2. The number of carbonyl (C=O) groups excluding carboxylic acids is 2. The smallest absolute Gasteiger partial charge is 0.326 e. The summed E-state index contributed by atoms with van der Waals surface area (Å²) in [5.41, 5.74) is 0. The third-order valence-electron chi connectivity index (χ3n) is 1.93. The van der Waals surface area contributed by atoms with Gasteiger partial charge in [0.25, 0.3) is 0 Å². The number of nitrogens with one attached hydrogen (secondary N) is 1. The lowest BCUT2D eigenvalue weighted by Crippen LogP contribution is -2.42. The van der Waals surface area contributed by atoms with Gasteiger partial charge in [0.1, 0.15) is 15.9 Å². The molecule has 0 saturated heterocycles. The Morgan fingerprint density at radius 1 is 1.33 bits per heavy atom. The van der Waals surface area contributed by atoms with E-state index in [2.05, 4.69) is 10.1 Å². The molecular formula is C9H15NO7S. The van der Waals surface area contributed by atoms with Crippen molar-refractivity contribution in [3.8, 4) is 0 Å². The minimum atomic E-state index is -3.30. The lowest BCUT2D eigenvalue weighted by atomic mass is 10.2. The van der Waals surface area contributed by atoms with E-state index >= 15 is 0 Å².